The molecule has 0 radical (unpaired) electrons. The number of hydrogen-bond acceptors (Lipinski definition) is 24. The molecule has 9 fully saturated rings. The second-order valence-electron chi connectivity index (χ2n) is 30.1. The molecule has 3 N–H and O–H groups in total. The number of hydrogen-bond donors (Lipinski definition) is 3. The highest BCUT2D eigenvalue weighted by atomic mass is 79.9. The van der Waals surface area contributed by atoms with E-state index >= 15 is 0 Å². The fraction of sp³-hybridized carbons (Fsp3) is 0.349. The van der Waals surface area contributed by atoms with E-state index in [0.29, 0.717) is 110 Å². The molecule has 24 rings (SSSR count). The number of ether oxygens (including phenoxy) is 6. The van der Waals surface area contributed by atoms with Crippen LogP contribution in [0.2, 0.25) is 0 Å². The number of piperidine rings is 3. The van der Waals surface area contributed by atoms with Gasteiger partial charge in [0, 0.05) is 189 Å². The number of unbranched alkanes of at least 4 members (excludes halogenated alkanes) is 1. The van der Waals surface area contributed by atoms with E-state index in [9.17, 15) is 4.39 Å². The minimum Gasteiger partial charge on any atom is -0.492 e. The number of pyridine rings is 9. The molecule has 9 aliphatic heterocycles. The van der Waals surface area contributed by atoms with Gasteiger partial charge < -0.3 is 43.1 Å². The first-order valence-electron chi connectivity index (χ1n) is 39.1. The predicted octanol–water partition coefficient (Wildman–Crippen LogP) is 11.9. The van der Waals surface area contributed by atoms with Gasteiger partial charge in [0.05, 0.1) is 117 Å². The largest absolute Gasteiger partial charge is 0.492 e. The number of aromatic amines is 3. The molecule has 0 aliphatic carbocycles. The van der Waals surface area contributed by atoms with Gasteiger partial charge in [-0.15, -0.1) is 26.9 Å². The standard InChI is InChI=1S/C29H31FN8O2.C27H27BrN8O2.C27H27ClN8O2/c1-39-27-7-4-19(12-32-27)15-37-21-10-22(37)17-36(16-21)26-6-5-20(13-31-26)24-11-23(40-9-3-2-8-30)18-38-28(24)25-14-33-34-29(25)35-38;2*1-37-25-5-2-17(10-30-25)13-35-19-8-20(35)15-34(14-19)24-4-3-18(11-29-24)22-9-21(38-7-6-28)16-36-26(22)23-12-31-32-27(23)33-36/h4-7,11-14,18,21-22H,2-3,8-10,15-17H2,1H3,(H,34,35);2*2-5,9-12,16,19-20H,6-8,13-15H2,1H3,(H,32,33). The Kier molecular flexibility index (Phi) is 20.8. The molecular weight excluding hydrogens is 1560 g/mol. The Hall–Kier alpha value is -11.8. The summed E-state index contributed by atoms with van der Waals surface area (Å²) < 4.78 is 51.3. The van der Waals surface area contributed by atoms with Crippen molar-refractivity contribution >= 4 is 94.6 Å². The number of piperazine rings is 3. The molecule has 6 atom stereocenters. The van der Waals surface area contributed by atoms with Crippen LogP contribution in [0.25, 0.3) is 83.0 Å². The lowest BCUT2D eigenvalue weighted by atomic mass is 9.87. The van der Waals surface area contributed by atoms with E-state index < -0.39 is 0 Å². The first kappa shape index (κ1) is 74.3. The van der Waals surface area contributed by atoms with Crippen molar-refractivity contribution in [2.45, 2.75) is 88.0 Å². The van der Waals surface area contributed by atoms with Crippen LogP contribution in [0.3, 0.4) is 0 Å². The second kappa shape index (κ2) is 32.4. The molecule has 30 nitrogen and oxygen atoms in total. The number of nitrogens with zero attached hydrogens (tertiary/aromatic N) is 21. The zero-order chi connectivity index (χ0) is 78.3. The first-order chi connectivity index (χ1) is 57.1. The molecule has 594 valence electrons. The normalized spacial score (nSPS) is 19.0. The number of aromatic nitrogens is 18. The summed E-state index contributed by atoms with van der Waals surface area (Å²) in [6, 6.07) is 34.0. The highest BCUT2D eigenvalue weighted by Crippen LogP contribution is 2.42. The Morgan fingerprint density at radius 2 is 0.759 bits per heavy atom. The first-order valence-corrected chi connectivity index (χ1v) is 40.8. The average Bonchev–Trinajstić information content (AvgIpc) is 0.792. The zero-order valence-corrected chi connectivity index (χ0v) is 66.5. The highest BCUT2D eigenvalue weighted by molar-refractivity contribution is 9.09. The number of H-pyrrole nitrogens is 3. The summed E-state index contributed by atoms with van der Waals surface area (Å²) in [5.41, 5.74) is 14.7. The van der Waals surface area contributed by atoms with Crippen molar-refractivity contribution in [3.8, 4) is 68.3 Å². The van der Waals surface area contributed by atoms with Gasteiger partial charge in [-0.3, -0.25) is 34.4 Å². The van der Waals surface area contributed by atoms with Crippen molar-refractivity contribution in [2.24, 2.45) is 0 Å². The van der Waals surface area contributed by atoms with E-state index in [4.69, 9.17) is 55.0 Å². The molecule has 6 bridgehead atoms. The Bertz CT molecular complexity index is 5660. The van der Waals surface area contributed by atoms with Gasteiger partial charge in [0.25, 0.3) is 0 Å². The minimum atomic E-state index is -0.334. The summed E-state index contributed by atoms with van der Waals surface area (Å²) in [6.45, 7) is 9.66. The summed E-state index contributed by atoms with van der Waals surface area (Å²) in [5.74, 6) is 7.52. The van der Waals surface area contributed by atoms with Crippen LogP contribution in [0.5, 0.6) is 34.9 Å². The number of methoxy groups -OCH3 is 3. The van der Waals surface area contributed by atoms with Gasteiger partial charge in [0.1, 0.15) is 41.3 Å². The van der Waals surface area contributed by atoms with Gasteiger partial charge in [-0.2, -0.15) is 15.3 Å². The maximum Gasteiger partial charge on any atom is 0.212 e. The second-order valence-corrected chi connectivity index (χ2v) is 31.2. The lowest BCUT2D eigenvalue weighted by Crippen LogP contribution is -2.68. The van der Waals surface area contributed by atoms with Gasteiger partial charge in [-0.25, -0.2) is 43.5 Å². The predicted molar refractivity (Wildman–Crippen MR) is 443 cm³/mol. The molecule has 9 saturated heterocycles. The smallest absolute Gasteiger partial charge is 0.212 e. The average molecular weight is 1650 g/mol. The Labute approximate surface area is 678 Å². The lowest BCUT2D eigenvalue weighted by molar-refractivity contribution is -0.00879. The monoisotopic (exact) mass is 1650 g/mol. The van der Waals surface area contributed by atoms with Crippen LogP contribution < -0.4 is 43.1 Å². The minimum absolute atomic E-state index is 0.334. The maximum atomic E-state index is 12.5. The molecule has 15 aromatic rings. The quantitative estimate of drug-likeness (QED) is 0.0335. The van der Waals surface area contributed by atoms with E-state index in [2.05, 4.69) is 167 Å². The Morgan fingerprint density at radius 3 is 1.05 bits per heavy atom. The van der Waals surface area contributed by atoms with E-state index in [1.54, 1.807) is 33.7 Å². The molecule has 0 amide bonds. The molecule has 6 unspecified atom stereocenters. The Morgan fingerprint density at radius 1 is 0.414 bits per heavy atom. The number of rotatable bonds is 26. The van der Waals surface area contributed by atoms with E-state index in [1.807, 2.05) is 106 Å². The summed E-state index contributed by atoms with van der Waals surface area (Å²) in [7, 11) is 4.92. The van der Waals surface area contributed by atoms with Gasteiger partial charge in [0.2, 0.25) is 17.6 Å². The third-order valence-electron chi connectivity index (χ3n) is 23.1. The van der Waals surface area contributed by atoms with Crippen LogP contribution in [0, 0.1) is 0 Å². The fourth-order valence-electron chi connectivity index (χ4n) is 17.3. The molecule has 116 heavy (non-hydrogen) atoms. The molecule has 9 aliphatic rings. The van der Waals surface area contributed by atoms with Crippen LogP contribution in [0.15, 0.2) is 165 Å². The highest BCUT2D eigenvalue weighted by Gasteiger charge is 2.47. The summed E-state index contributed by atoms with van der Waals surface area (Å²) in [4.78, 5) is 42.6. The van der Waals surface area contributed by atoms with Crippen LogP contribution >= 0.6 is 27.5 Å². The maximum absolute atomic E-state index is 12.5. The number of halogens is 3. The van der Waals surface area contributed by atoms with Crippen molar-refractivity contribution in [1.29, 1.82) is 0 Å². The fourth-order valence-corrected chi connectivity index (χ4v) is 17.6. The molecule has 0 saturated carbocycles. The number of alkyl halides is 3. The molecule has 15 aromatic heterocycles. The summed E-state index contributed by atoms with van der Waals surface area (Å²) in [6.07, 6.45) is 27.4. The van der Waals surface area contributed by atoms with Crippen LogP contribution in [0.1, 0.15) is 48.8 Å². The van der Waals surface area contributed by atoms with Crippen LogP contribution in [-0.2, 0) is 19.6 Å². The number of fused-ring (bicyclic) bond motifs is 15. The molecule has 0 spiro atoms. The van der Waals surface area contributed by atoms with Crippen LogP contribution in [-0.4, -0.2) is 239 Å². The number of anilines is 3. The van der Waals surface area contributed by atoms with E-state index in [0.717, 1.165) is 165 Å². The van der Waals surface area contributed by atoms with Gasteiger partial charge in [-0.05, 0) is 103 Å². The van der Waals surface area contributed by atoms with Gasteiger partial charge >= 0.3 is 0 Å². The molecule has 33 heteroatoms. The summed E-state index contributed by atoms with van der Waals surface area (Å²) >= 11 is 9.29. The molecular formula is C83H85BrClFN24O6. The van der Waals surface area contributed by atoms with Crippen molar-refractivity contribution in [2.75, 3.05) is 113 Å². The van der Waals surface area contributed by atoms with E-state index in [-0.39, 0.29) is 6.67 Å². The van der Waals surface area contributed by atoms with Crippen molar-refractivity contribution in [3.63, 3.8) is 0 Å². The summed E-state index contributed by atoms with van der Waals surface area (Å²) in [5, 5.41) is 38.9. The van der Waals surface area contributed by atoms with E-state index in [1.165, 1.54) is 36.0 Å². The van der Waals surface area contributed by atoms with Gasteiger partial charge in [-0.1, -0.05) is 34.1 Å². The Balaban J connectivity index is 0.000000116. The van der Waals surface area contributed by atoms with Crippen LogP contribution in [0.4, 0.5) is 21.8 Å². The number of nitrogens with one attached hydrogen (secondary N) is 3. The molecule has 24 heterocycles. The SMILES string of the molecule is COc1ccc(CN2C3CC2CN(c2ccc(-c4cc(OCCBr)cn5nc6[nH]ncc6c45)cn2)C3)cn1.COc1ccc(CN2C3CC2CN(c2ccc(-c4cc(OCCCCF)cn5nc6[nH]ncc6c45)cn2)C3)cn1.COc1ccc(CN2C3CC2CN(c2ccc(-c4cc(OCCCl)cn5nc6[nH]ncc6c45)cn2)C3)cn1. The van der Waals surface area contributed by atoms with Crippen molar-refractivity contribution in [3.05, 3.63) is 182 Å². The third kappa shape index (κ3) is 14.8. The van der Waals surface area contributed by atoms with Crippen molar-refractivity contribution < 1.29 is 32.8 Å². The third-order valence-corrected chi connectivity index (χ3v) is 23.6. The van der Waals surface area contributed by atoms with Gasteiger partial charge in [0.15, 0.2) is 16.9 Å². The zero-order valence-electron chi connectivity index (χ0n) is 64.2. The lowest BCUT2D eigenvalue weighted by Gasteiger charge is -2.56. The topological polar surface area (TPSA) is 290 Å². The molecule has 0 aromatic carbocycles. The van der Waals surface area contributed by atoms with Crippen molar-refractivity contribution in [1.82, 2.24) is 104 Å².